The predicted molar refractivity (Wildman–Crippen MR) is 64.8 cm³/mol. The average molecular weight is 223 g/mol. The summed E-state index contributed by atoms with van der Waals surface area (Å²) >= 11 is 0. The van der Waals surface area contributed by atoms with E-state index in [1.807, 2.05) is 13.0 Å². The lowest BCUT2D eigenvalue weighted by Crippen LogP contribution is -2.29. The van der Waals surface area contributed by atoms with Crippen molar-refractivity contribution in [3.05, 3.63) is 33.9 Å². The van der Waals surface area contributed by atoms with E-state index >= 15 is 0 Å². The first-order chi connectivity index (χ1) is 7.60. The highest BCUT2D eigenvalue weighted by atomic mass is 16.6. The number of nitro benzene ring substituents is 1. The van der Waals surface area contributed by atoms with Crippen molar-refractivity contribution in [3.63, 3.8) is 0 Å². The van der Waals surface area contributed by atoms with Gasteiger partial charge in [0, 0.05) is 37.0 Å². The van der Waals surface area contributed by atoms with Gasteiger partial charge < -0.3 is 10.6 Å². The SMILES string of the molecule is CCN(CCN)c1ccc([N+](=O)[O-])c(C)c1. The van der Waals surface area contributed by atoms with Gasteiger partial charge in [0.25, 0.3) is 5.69 Å². The van der Waals surface area contributed by atoms with Gasteiger partial charge >= 0.3 is 0 Å². The minimum atomic E-state index is -0.363. The van der Waals surface area contributed by atoms with Gasteiger partial charge in [-0.1, -0.05) is 0 Å². The number of hydrogen-bond acceptors (Lipinski definition) is 4. The third-order valence-corrected chi connectivity index (χ3v) is 2.52. The zero-order chi connectivity index (χ0) is 12.1. The Hall–Kier alpha value is -1.62. The maximum atomic E-state index is 10.7. The second-order valence-corrected chi connectivity index (χ2v) is 3.60. The van der Waals surface area contributed by atoms with E-state index in [2.05, 4.69) is 4.90 Å². The lowest BCUT2D eigenvalue weighted by atomic mass is 10.1. The predicted octanol–water partition coefficient (Wildman–Crippen LogP) is 1.69. The first-order valence-electron chi connectivity index (χ1n) is 5.30. The fourth-order valence-corrected chi connectivity index (χ4v) is 1.67. The Labute approximate surface area is 95.0 Å². The summed E-state index contributed by atoms with van der Waals surface area (Å²) < 4.78 is 0. The van der Waals surface area contributed by atoms with Crippen LogP contribution in [0.2, 0.25) is 0 Å². The Kier molecular flexibility index (Phi) is 4.25. The molecule has 0 bridgehead atoms. The van der Waals surface area contributed by atoms with E-state index in [9.17, 15) is 10.1 Å². The van der Waals surface area contributed by atoms with E-state index in [0.717, 1.165) is 18.8 Å². The normalized spacial score (nSPS) is 10.2. The molecule has 0 saturated carbocycles. The molecule has 0 fully saturated rings. The highest BCUT2D eigenvalue weighted by molar-refractivity contribution is 5.55. The maximum absolute atomic E-state index is 10.7. The van der Waals surface area contributed by atoms with Crippen LogP contribution in [-0.4, -0.2) is 24.6 Å². The summed E-state index contributed by atoms with van der Waals surface area (Å²) in [7, 11) is 0. The summed E-state index contributed by atoms with van der Waals surface area (Å²) in [5.41, 5.74) is 7.33. The topological polar surface area (TPSA) is 72.4 Å². The molecule has 0 atom stereocenters. The molecule has 1 aromatic rings. The zero-order valence-corrected chi connectivity index (χ0v) is 9.64. The van der Waals surface area contributed by atoms with Gasteiger partial charge in [-0.25, -0.2) is 0 Å². The molecule has 1 aromatic carbocycles. The largest absolute Gasteiger partial charge is 0.371 e. The fourth-order valence-electron chi connectivity index (χ4n) is 1.67. The number of nitrogens with zero attached hydrogens (tertiary/aromatic N) is 2. The standard InChI is InChI=1S/C11H17N3O2/c1-3-13(7-6-12)10-4-5-11(14(15)16)9(2)8-10/h4-5,8H,3,6-7,12H2,1-2H3. The van der Waals surface area contributed by atoms with Crippen LogP contribution in [-0.2, 0) is 0 Å². The summed E-state index contributed by atoms with van der Waals surface area (Å²) in [5, 5.41) is 10.7. The van der Waals surface area contributed by atoms with Gasteiger partial charge in [-0.3, -0.25) is 10.1 Å². The van der Waals surface area contributed by atoms with Crippen molar-refractivity contribution in [2.45, 2.75) is 13.8 Å². The Morgan fingerprint density at radius 3 is 2.62 bits per heavy atom. The monoisotopic (exact) mass is 223 g/mol. The summed E-state index contributed by atoms with van der Waals surface area (Å²) in [4.78, 5) is 12.4. The van der Waals surface area contributed by atoms with E-state index in [1.165, 1.54) is 0 Å². The van der Waals surface area contributed by atoms with Crippen LogP contribution in [0.15, 0.2) is 18.2 Å². The molecule has 5 nitrogen and oxygen atoms in total. The Balaban J connectivity index is 2.99. The molecule has 0 amide bonds. The van der Waals surface area contributed by atoms with Crippen LogP contribution < -0.4 is 10.6 Å². The van der Waals surface area contributed by atoms with E-state index in [-0.39, 0.29) is 10.6 Å². The third kappa shape index (κ3) is 2.70. The van der Waals surface area contributed by atoms with Crippen LogP contribution in [0.5, 0.6) is 0 Å². The van der Waals surface area contributed by atoms with Crippen LogP contribution in [0.4, 0.5) is 11.4 Å². The van der Waals surface area contributed by atoms with Crippen molar-refractivity contribution in [1.29, 1.82) is 0 Å². The highest BCUT2D eigenvalue weighted by Gasteiger charge is 2.12. The Bertz CT molecular complexity index is 379. The number of likely N-dealkylation sites (N-methyl/N-ethyl adjacent to an activating group) is 1. The summed E-state index contributed by atoms with van der Waals surface area (Å²) in [5.74, 6) is 0. The van der Waals surface area contributed by atoms with Gasteiger partial charge in [0.05, 0.1) is 4.92 Å². The molecule has 0 saturated heterocycles. The van der Waals surface area contributed by atoms with Gasteiger partial charge in [-0.05, 0) is 26.0 Å². The zero-order valence-electron chi connectivity index (χ0n) is 9.64. The Morgan fingerprint density at radius 2 is 2.19 bits per heavy atom. The molecule has 0 heterocycles. The Morgan fingerprint density at radius 1 is 1.50 bits per heavy atom. The molecule has 88 valence electrons. The number of nitro groups is 1. The molecule has 0 aliphatic rings. The van der Waals surface area contributed by atoms with Crippen molar-refractivity contribution in [2.24, 2.45) is 5.73 Å². The molecule has 0 radical (unpaired) electrons. The average Bonchev–Trinajstić information content (AvgIpc) is 2.25. The van der Waals surface area contributed by atoms with Crippen molar-refractivity contribution in [1.82, 2.24) is 0 Å². The lowest BCUT2D eigenvalue weighted by Gasteiger charge is -2.22. The number of hydrogen-bond donors (Lipinski definition) is 1. The van der Waals surface area contributed by atoms with Crippen molar-refractivity contribution in [3.8, 4) is 0 Å². The molecule has 0 aliphatic carbocycles. The second kappa shape index (κ2) is 5.46. The lowest BCUT2D eigenvalue weighted by molar-refractivity contribution is -0.385. The van der Waals surface area contributed by atoms with Crippen LogP contribution in [0.3, 0.4) is 0 Å². The van der Waals surface area contributed by atoms with Gasteiger partial charge in [-0.2, -0.15) is 0 Å². The summed E-state index contributed by atoms with van der Waals surface area (Å²) in [6, 6.07) is 5.14. The molecule has 0 aliphatic heterocycles. The van der Waals surface area contributed by atoms with Gasteiger partial charge in [0.1, 0.15) is 0 Å². The molecule has 5 heteroatoms. The van der Waals surface area contributed by atoms with Gasteiger partial charge in [0.2, 0.25) is 0 Å². The minimum Gasteiger partial charge on any atom is -0.371 e. The summed E-state index contributed by atoms with van der Waals surface area (Å²) in [6.07, 6.45) is 0. The van der Waals surface area contributed by atoms with Crippen molar-refractivity contribution in [2.75, 3.05) is 24.5 Å². The quantitative estimate of drug-likeness (QED) is 0.609. The summed E-state index contributed by atoms with van der Waals surface area (Å²) in [6.45, 7) is 5.95. The molecule has 16 heavy (non-hydrogen) atoms. The van der Waals surface area contributed by atoms with Crippen LogP contribution in [0.25, 0.3) is 0 Å². The fraction of sp³-hybridized carbons (Fsp3) is 0.455. The van der Waals surface area contributed by atoms with E-state index in [0.29, 0.717) is 12.1 Å². The van der Waals surface area contributed by atoms with Gasteiger partial charge in [0.15, 0.2) is 0 Å². The van der Waals surface area contributed by atoms with Gasteiger partial charge in [-0.15, -0.1) is 0 Å². The molecule has 2 N–H and O–H groups in total. The minimum absolute atomic E-state index is 0.160. The third-order valence-electron chi connectivity index (χ3n) is 2.52. The second-order valence-electron chi connectivity index (χ2n) is 3.60. The van der Waals surface area contributed by atoms with Crippen molar-refractivity contribution < 1.29 is 4.92 Å². The van der Waals surface area contributed by atoms with Crippen LogP contribution in [0, 0.1) is 17.0 Å². The number of nitrogens with two attached hydrogens (primary N) is 1. The first-order valence-corrected chi connectivity index (χ1v) is 5.30. The number of rotatable bonds is 5. The number of anilines is 1. The molecule has 1 rings (SSSR count). The number of aryl methyl sites for hydroxylation is 1. The first kappa shape index (κ1) is 12.4. The number of benzene rings is 1. The van der Waals surface area contributed by atoms with Crippen LogP contribution >= 0.6 is 0 Å². The van der Waals surface area contributed by atoms with Crippen molar-refractivity contribution >= 4 is 11.4 Å². The van der Waals surface area contributed by atoms with Crippen LogP contribution in [0.1, 0.15) is 12.5 Å². The molecule has 0 aromatic heterocycles. The van der Waals surface area contributed by atoms with E-state index < -0.39 is 0 Å². The molecular weight excluding hydrogens is 206 g/mol. The maximum Gasteiger partial charge on any atom is 0.272 e. The molecule has 0 unspecified atom stereocenters. The molecular formula is C11H17N3O2. The molecule has 0 spiro atoms. The van der Waals surface area contributed by atoms with E-state index in [4.69, 9.17) is 5.73 Å². The smallest absolute Gasteiger partial charge is 0.272 e. The van der Waals surface area contributed by atoms with E-state index in [1.54, 1.807) is 19.1 Å². The highest BCUT2D eigenvalue weighted by Crippen LogP contribution is 2.23.